The summed E-state index contributed by atoms with van der Waals surface area (Å²) in [7, 11) is 0. The summed E-state index contributed by atoms with van der Waals surface area (Å²) in [6.07, 6.45) is 2.39. The zero-order chi connectivity index (χ0) is 14.7. The standard InChI is InChI=1S/C13H20N4O3/c1-3-20-13(19)9-6-4-5-7-17(9)12(18)11-10(14)8(2)15-16-11/h9H,3-7,14H2,1-2H3,(H,15,16). The molecule has 1 aliphatic rings. The van der Waals surface area contributed by atoms with E-state index in [1.54, 1.807) is 13.8 Å². The number of hydrogen-bond donors (Lipinski definition) is 2. The Balaban J connectivity index is 2.21. The fourth-order valence-electron chi connectivity index (χ4n) is 2.39. The number of esters is 1. The van der Waals surface area contributed by atoms with Gasteiger partial charge in [-0.3, -0.25) is 9.89 Å². The second-order valence-electron chi connectivity index (χ2n) is 4.87. The van der Waals surface area contributed by atoms with E-state index in [1.807, 2.05) is 0 Å². The van der Waals surface area contributed by atoms with Crippen LogP contribution in [0.5, 0.6) is 0 Å². The number of aryl methyl sites for hydroxylation is 1. The number of piperidine rings is 1. The Hall–Kier alpha value is -2.05. The normalized spacial score (nSPS) is 18.9. The van der Waals surface area contributed by atoms with Gasteiger partial charge in [0.1, 0.15) is 6.04 Å². The molecule has 20 heavy (non-hydrogen) atoms. The van der Waals surface area contributed by atoms with Crippen LogP contribution in [0.2, 0.25) is 0 Å². The molecule has 1 fully saturated rings. The lowest BCUT2D eigenvalue weighted by Crippen LogP contribution is -2.48. The number of nitrogen functional groups attached to an aromatic ring is 1. The van der Waals surface area contributed by atoms with Gasteiger partial charge in [-0.05, 0) is 33.1 Å². The maximum absolute atomic E-state index is 12.5. The fraction of sp³-hybridized carbons (Fsp3) is 0.615. The topological polar surface area (TPSA) is 101 Å². The first-order chi connectivity index (χ1) is 9.56. The Kier molecular flexibility index (Phi) is 4.26. The van der Waals surface area contributed by atoms with Crippen LogP contribution in [0.15, 0.2) is 0 Å². The summed E-state index contributed by atoms with van der Waals surface area (Å²) < 4.78 is 5.04. The summed E-state index contributed by atoms with van der Waals surface area (Å²) in [6, 6.07) is -0.535. The monoisotopic (exact) mass is 280 g/mol. The lowest BCUT2D eigenvalue weighted by Gasteiger charge is -2.33. The molecular formula is C13H20N4O3. The van der Waals surface area contributed by atoms with Gasteiger partial charge in [0.15, 0.2) is 5.69 Å². The molecule has 0 spiro atoms. The molecule has 1 amide bonds. The molecule has 1 aliphatic heterocycles. The Bertz CT molecular complexity index is 512. The van der Waals surface area contributed by atoms with Crippen LogP contribution in [-0.2, 0) is 9.53 Å². The van der Waals surface area contributed by atoms with Gasteiger partial charge >= 0.3 is 5.97 Å². The van der Waals surface area contributed by atoms with E-state index < -0.39 is 6.04 Å². The molecule has 0 aromatic carbocycles. The lowest BCUT2D eigenvalue weighted by molar-refractivity contribution is -0.149. The number of H-pyrrole nitrogens is 1. The summed E-state index contributed by atoms with van der Waals surface area (Å²) in [5.41, 5.74) is 7.00. The Morgan fingerprint density at radius 3 is 2.85 bits per heavy atom. The van der Waals surface area contributed by atoms with Gasteiger partial charge in [-0.15, -0.1) is 0 Å². The maximum atomic E-state index is 12.5. The number of hydrogen-bond acceptors (Lipinski definition) is 5. The van der Waals surface area contributed by atoms with E-state index in [4.69, 9.17) is 10.5 Å². The third-order valence-electron chi connectivity index (χ3n) is 3.52. The number of anilines is 1. The first-order valence-electron chi connectivity index (χ1n) is 6.84. The molecule has 1 aromatic heterocycles. The molecule has 0 bridgehead atoms. The van der Waals surface area contributed by atoms with E-state index in [0.717, 1.165) is 12.8 Å². The van der Waals surface area contributed by atoms with E-state index in [2.05, 4.69) is 10.2 Å². The van der Waals surface area contributed by atoms with Crippen molar-refractivity contribution in [3.05, 3.63) is 11.4 Å². The minimum Gasteiger partial charge on any atom is -0.464 e. The van der Waals surface area contributed by atoms with Crippen LogP contribution >= 0.6 is 0 Å². The van der Waals surface area contributed by atoms with Crippen LogP contribution in [0.4, 0.5) is 5.69 Å². The van der Waals surface area contributed by atoms with Crippen LogP contribution in [0.25, 0.3) is 0 Å². The van der Waals surface area contributed by atoms with E-state index in [1.165, 1.54) is 4.90 Å². The van der Waals surface area contributed by atoms with Gasteiger partial charge in [-0.25, -0.2) is 4.79 Å². The van der Waals surface area contributed by atoms with Gasteiger partial charge in [0.2, 0.25) is 0 Å². The number of carbonyl (C=O) groups is 2. The van der Waals surface area contributed by atoms with Crippen LogP contribution in [0.3, 0.4) is 0 Å². The summed E-state index contributed by atoms with van der Waals surface area (Å²) in [6.45, 7) is 4.33. The number of nitrogens with zero attached hydrogens (tertiary/aromatic N) is 2. The molecule has 2 rings (SSSR count). The van der Waals surface area contributed by atoms with Crippen molar-refractivity contribution < 1.29 is 14.3 Å². The Morgan fingerprint density at radius 1 is 1.50 bits per heavy atom. The lowest BCUT2D eigenvalue weighted by atomic mass is 10.0. The number of nitrogens with one attached hydrogen (secondary N) is 1. The molecule has 0 aliphatic carbocycles. The van der Waals surface area contributed by atoms with Crippen LogP contribution < -0.4 is 5.73 Å². The first kappa shape index (κ1) is 14.4. The van der Waals surface area contributed by atoms with E-state index in [-0.39, 0.29) is 17.6 Å². The van der Waals surface area contributed by atoms with Crippen molar-refractivity contribution in [2.45, 2.75) is 39.2 Å². The van der Waals surface area contributed by atoms with Crippen molar-refractivity contribution in [2.24, 2.45) is 0 Å². The average Bonchev–Trinajstić information content (AvgIpc) is 2.78. The quantitative estimate of drug-likeness (QED) is 0.799. The van der Waals surface area contributed by atoms with Gasteiger partial charge in [-0.1, -0.05) is 0 Å². The molecule has 1 unspecified atom stereocenters. The Labute approximate surface area is 117 Å². The zero-order valence-electron chi connectivity index (χ0n) is 11.8. The number of carbonyl (C=O) groups excluding carboxylic acids is 2. The molecule has 110 valence electrons. The minimum atomic E-state index is -0.535. The van der Waals surface area contributed by atoms with E-state index >= 15 is 0 Å². The number of rotatable bonds is 3. The molecule has 1 aromatic rings. The molecule has 2 heterocycles. The number of nitrogens with two attached hydrogens (primary N) is 1. The molecule has 1 saturated heterocycles. The van der Waals surface area contributed by atoms with Crippen molar-refractivity contribution in [1.29, 1.82) is 0 Å². The van der Waals surface area contributed by atoms with E-state index in [9.17, 15) is 9.59 Å². The summed E-state index contributed by atoms with van der Waals surface area (Å²) in [4.78, 5) is 26.0. The number of likely N-dealkylation sites (tertiary alicyclic amines) is 1. The third kappa shape index (κ3) is 2.61. The molecular weight excluding hydrogens is 260 g/mol. The van der Waals surface area contributed by atoms with E-state index in [0.29, 0.717) is 31.0 Å². The van der Waals surface area contributed by atoms with Crippen molar-refractivity contribution in [3.8, 4) is 0 Å². The minimum absolute atomic E-state index is 0.179. The van der Waals surface area contributed by atoms with Gasteiger partial charge in [-0.2, -0.15) is 5.10 Å². The second-order valence-corrected chi connectivity index (χ2v) is 4.87. The number of amides is 1. The van der Waals surface area contributed by atoms with Crippen LogP contribution in [0, 0.1) is 6.92 Å². The molecule has 7 heteroatoms. The third-order valence-corrected chi connectivity index (χ3v) is 3.52. The first-order valence-corrected chi connectivity index (χ1v) is 6.84. The zero-order valence-corrected chi connectivity index (χ0v) is 11.8. The van der Waals surface area contributed by atoms with Gasteiger partial charge in [0, 0.05) is 6.54 Å². The predicted octanol–water partition coefficient (Wildman–Crippen LogP) is 0.858. The highest BCUT2D eigenvalue weighted by Crippen LogP contribution is 2.23. The van der Waals surface area contributed by atoms with Gasteiger partial charge in [0.05, 0.1) is 18.0 Å². The smallest absolute Gasteiger partial charge is 0.328 e. The maximum Gasteiger partial charge on any atom is 0.328 e. The van der Waals surface area contributed by atoms with Crippen LogP contribution in [0.1, 0.15) is 42.4 Å². The largest absolute Gasteiger partial charge is 0.464 e. The second kappa shape index (κ2) is 5.94. The highest BCUT2D eigenvalue weighted by molar-refractivity contribution is 5.99. The van der Waals surface area contributed by atoms with Crippen molar-refractivity contribution in [1.82, 2.24) is 15.1 Å². The van der Waals surface area contributed by atoms with Gasteiger partial charge in [0.25, 0.3) is 5.91 Å². The molecule has 0 radical (unpaired) electrons. The Morgan fingerprint density at radius 2 is 2.25 bits per heavy atom. The summed E-state index contributed by atoms with van der Waals surface area (Å²) in [5, 5.41) is 6.62. The van der Waals surface area contributed by atoms with Crippen molar-refractivity contribution in [2.75, 3.05) is 18.9 Å². The average molecular weight is 280 g/mol. The van der Waals surface area contributed by atoms with Gasteiger partial charge < -0.3 is 15.4 Å². The molecule has 1 atom stereocenters. The number of aromatic amines is 1. The molecule has 7 nitrogen and oxygen atoms in total. The predicted molar refractivity (Wildman–Crippen MR) is 73.0 cm³/mol. The van der Waals surface area contributed by atoms with Crippen molar-refractivity contribution >= 4 is 17.6 Å². The fourth-order valence-corrected chi connectivity index (χ4v) is 2.39. The summed E-state index contributed by atoms with van der Waals surface area (Å²) >= 11 is 0. The SMILES string of the molecule is CCOC(=O)C1CCCCN1C(=O)c1n[nH]c(C)c1N. The number of ether oxygens (including phenoxy) is 1. The highest BCUT2D eigenvalue weighted by Gasteiger charge is 2.35. The van der Waals surface area contributed by atoms with Crippen LogP contribution in [-0.4, -0.2) is 46.2 Å². The molecule has 3 N–H and O–H groups in total. The number of aromatic nitrogens is 2. The van der Waals surface area contributed by atoms with Crippen molar-refractivity contribution in [3.63, 3.8) is 0 Å². The molecule has 0 saturated carbocycles. The summed E-state index contributed by atoms with van der Waals surface area (Å²) in [5.74, 6) is -0.670. The highest BCUT2D eigenvalue weighted by atomic mass is 16.5.